The van der Waals surface area contributed by atoms with Crippen LogP contribution in [0.5, 0.6) is 5.75 Å². The maximum absolute atomic E-state index is 12.0. The highest BCUT2D eigenvalue weighted by Gasteiger charge is 2.13. The molecule has 8 heteroatoms. The molecule has 1 heterocycles. The van der Waals surface area contributed by atoms with Gasteiger partial charge in [0.15, 0.2) is 5.13 Å². The average Bonchev–Trinajstić information content (AvgIpc) is 2.96. The van der Waals surface area contributed by atoms with Crippen LogP contribution in [0.25, 0.3) is 10.2 Å². The van der Waals surface area contributed by atoms with Crippen LogP contribution >= 0.6 is 22.9 Å². The number of rotatable bonds is 4. The first-order valence-electron chi connectivity index (χ1n) is 7.46. The van der Waals surface area contributed by atoms with E-state index in [-0.39, 0.29) is 0 Å². The number of ether oxygens (including phenoxy) is 1. The van der Waals surface area contributed by atoms with Crippen molar-refractivity contribution in [2.45, 2.75) is 6.92 Å². The number of amides is 3. The quantitative estimate of drug-likeness (QED) is 0.712. The number of benzene rings is 2. The number of thiazole rings is 1. The molecule has 0 spiro atoms. The van der Waals surface area contributed by atoms with Crippen molar-refractivity contribution < 1.29 is 14.3 Å². The van der Waals surface area contributed by atoms with Crippen LogP contribution in [0.3, 0.4) is 0 Å². The Morgan fingerprint density at radius 3 is 2.68 bits per heavy atom. The molecule has 0 saturated heterocycles. The van der Waals surface area contributed by atoms with E-state index in [0.29, 0.717) is 22.3 Å². The van der Waals surface area contributed by atoms with Crippen LogP contribution in [-0.4, -0.2) is 23.5 Å². The number of aromatic nitrogens is 1. The third kappa shape index (κ3) is 4.26. The number of anilines is 1. The van der Waals surface area contributed by atoms with Crippen molar-refractivity contribution in [1.29, 1.82) is 0 Å². The fourth-order valence-corrected chi connectivity index (χ4v) is 3.14. The summed E-state index contributed by atoms with van der Waals surface area (Å²) in [4.78, 5) is 28.3. The van der Waals surface area contributed by atoms with Gasteiger partial charge in [-0.1, -0.05) is 22.9 Å². The van der Waals surface area contributed by atoms with E-state index < -0.39 is 11.9 Å². The van der Waals surface area contributed by atoms with Crippen LogP contribution < -0.4 is 15.4 Å². The summed E-state index contributed by atoms with van der Waals surface area (Å²) in [7, 11) is 0. The second kappa shape index (κ2) is 7.50. The predicted octanol–water partition coefficient (Wildman–Crippen LogP) is 4.31. The van der Waals surface area contributed by atoms with Gasteiger partial charge in [0.1, 0.15) is 5.75 Å². The first kappa shape index (κ1) is 17.2. The summed E-state index contributed by atoms with van der Waals surface area (Å²) in [6.45, 7) is 2.48. The first-order valence-corrected chi connectivity index (χ1v) is 8.66. The van der Waals surface area contributed by atoms with E-state index in [1.165, 1.54) is 23.5 Å². The van der Waals surface area contributed by atoms with Crippen LogP contribution in [0.1, 0.15) is 17.3 Å². The Morgan fingerprint density at radius 2 is 1.96 bits per heavy atom. The molecule has 128 valence electrons. The standard InChI is InChI=1S/C17H14ClN3O3S/c1-2-24-12-7-8-13-14(9-12)25-17(19-13)21-16(23)20-15(22)10-3-5-11(18)6-4-10/h3-9H,2H2,1H3,(H2,19,20,21,22,23). The molecule has 0 bridgehead atoms. The van der Waals surface area contributed by atoms with Crippen molar-refractivity contribution in [2.24, 2.45) is 0 Å². The molecule has 2 aromatic carbocycles. The molecule has 2 N–H and O–H groups in total. The summed E-state index contributed by atoms with van der Waals surface area (Å²) < 4.78 is 6.32. The zero-order valence-electron chi connectivity index (χ0n) is 13.2. The Hall–Kier alpha value is -2.64. The molecule has 0 aliphatic carbocycles. The third-order valence-electron chi connectivity index (χ3n) is 3.22. The highest BCUT2D eigenvalue weighted by molar-refractivity contribution is 7.22. The molecule has 3 amide bonds. The van der Waals surface area contributed by atoms with Gasteiger partial charge < -0.3 is 4.74 Å². The fourth-order valence-electron chi connectivity index (χ4n) is 2.12. The van der Waals surface area contributed by atoms with E-state index in [4.69, 9.17) is 16.3 Å². The molecule has 6 nitrogen and oxygen atoms in total. The lowest BCUT2D eigenvalue weighted by molar-refractivity contribution is 0.0967. The van der Waals surface area contributed by atoms with Crippen LogP contribution in [0.15, 0.2) is 42.5 Å². The molecule has 1 aromatic heterocycles. The molecule has 0 aliphatic rings. The Bertz CT molecular complexity index is 925. The Balaban J connectivity index is 1.67. The number of urea groups is 1. The van der Waals surface area contributed by atoms with Gasteiger partial charge in [0, 0.05) is 10.6 Å². The van der Waals surface area contributed by atoms with Crippen molar-refractivity contribution in [3.8, 4) is 5.75 Å². The van der Waals surface area contributed by atoms with E-state index >= 15 is 0 Å². The number of hydrogen-bond donors (Lipinski definition) is 2. The minimum absolute atomic E-state index is 0.338. The molecule has 3 aromatic rings. The molecule has 0 unspecified atom stereocenters. The minimum Gasteiger partial charge on any atom is -0.494 e. The Kier molecular flexibility index (Phi) is 5.16. The lowest BCUT2D eigenvalue weighted by Crippen LogP contribution is -2.34. The Labute approximate surface area is 152 Å². The summed E-state index contributed by atoms with van der Waals surface area (Å²) >= 11 is 7.07. The molecular formula is C17H14ClN3O3S. The van der Waals surface area contributed by atoms with Crippen molar-refractivity contribution in [2.75, 3.05) is 11.9 Å². The van der Waals surface area contributed by atoms with Crippen molar-refractivity contribution in [3.05, 3.63) is 53.1 Å². The topological polar surface area (TPSA) is 80.3 Å². The molecule has 0 saturated carbocycles. The maximum atomic E-state index is 12.0. The Morgan fingerprint density at radius 1 is 1.20 bits per heavy atom. The van der Waals surface area contributed by atoms with E-state index in [2.05, 4.69) is 15.6 Å². The van der Waals surface area contributed by atoms with Crippen molar-refractivity contribution in [1.82, 2.24) is 10.3 Å². The zero-order valence-corrected chi connectivity index (χ0v) is 14.8. The third-order valence-corrected chi connectivity index (χ3v) is 4.41. The average molecular weight is 376 g/mol. The van der Waals surface area contributed by atoms with Gasteiger partial charge in [-0.15, -0.1) is 0 Å². The van der Waals surface area contributed by atoms with Gasteiger partial charge in [0.05, 0.1) is 16.8 Å². The van der Waals surface area contributed by atoms with E-state index in [0.717, 1.165) is 16.0 Å². The largest absolute Gasteiger partial charge is 0.494 e. The van der Waals surface area contributed by atoms with E-state index in [1.807, 2.05) is 25.1 Å². The number of carbonyl (C=O) groups is 2. The van der Waals surface area contributed by atoms with Crippen LogP contribution in [-0.2, 0) is 0 Å². The maximum Gasteiger partial charge on any atom is 0.327 e. The van der Waals surface area contributed by atoms with Gasteiger partial charge in [-0.05, 0) is 49.4 Å². The van der Waals surface area contributed by atoms with E-state index in [9.17, 15) is 9.59 Å². The lowest BCUT2D eigenvalue weighted by Gasteiger charge is -2.04. The SMILES string of the molecule is CCOc1ccc2nc(NC(=O)NC(=O)c3ccc(Cl)cc3)sc2c1. The predicted molar refractivity (Wildman–Crippen MR) is 98.7 cm³/mol. The molecule has 3 rings (SSSR count). The highest BCUT2D eigenvalue weighted by atomic mass is 35.5. The zero-order chi connectivity index (χ0) is 17.8. The number of nitrogens with one attached hydrogen (secondary N) is 2. The lowest BCUT2D eigenvalue weighted by atomic mass is 10.2. The number of imide groups is 1. The minimum atomic E-state index is -0.649. The molecule has 0 radical (unpaired) electrons. The van der Waals surface area contributed by atoms with E-state index in [1.54, 1.807) is 12.1 Å². The van der Waals surface area contributed by atoms with Gasteiger partial charge in [-0.3, -0.25) is 15.4 Å². The van der Waals surface area contributed by atoms with Gasteiger partial charge in [-0.2, -0.15) is 0 Å². The van der Waals surface area contributed by atoms with Gasteiger partial charge in [0.25, 0.3) is 5.91 Å². The monoisotopic (exact) mass is 375 g/mol. The molecule has 0 atom stereocenters. The van der Waals surface area contributed by atoms with Crippen LogP contribution in [0.4, 0.5) is 9.93 Å². The molecule has 0 fully saturated rings. The highest BCUT2D eigenvalue weighted by Crippen LogP contribution is 2.29. The summed E-state index contributed by atoms with van der Waals surface area (Å²) in [6, 6.07) is 11.1. The number of fused-ring (bicyclic) bond motifs is 1. The van der Waals surface area contributed by atoms with Gasteiger partial charge >= 0.3 is 6.03 Å². The number of halogens is 1. The van der Waals surface area contributed by atoms with Crippen molar-refractivity contribution >= 4 is 50.2 Å². The molecule has 25 heavy (non-hydrogen) atoms. The normalized spacial score (nSPS) is 10.5. The second-order valence-corrected chi connectivity index (χ2v) is 6.46. The first-order chi connectivity index (χ1) is 12.0. The summed E-state index contributed by atoms with van der Waals surface area (Å²) in [5.41, 5.74) is 1.08. The smallest absolute Gasteiger partial charge is 0.327 e. The number of carbonyl (C=O) groups excluding carboxylic acids is 2. The van der Waals surface area contributed by atoms with Gasteiger partial charge in [0.2, 0.25) is 0 Å². The van der Waals surface area contributed by atoms with Crippen molar-refractivity contribution in [3.63, 3.8) is 0 Å². The summed E-state index contributed by atoms with van der Waals surface area (Å²) in [6.07, 6.45) is 0. The number of nitrogens with zero attached hydrogens (tertiary/aromatic N) is 1. The second-order valence-electron chi connectivity index (χ2n) is 5.00. The fraction of sp³-hybridized carbons (Fsp3) is 0.118. The summed E-state index contributed by atoms with van der Waals surface area (Å²) in [5.74, 6) is 0.224. The van der Waals surface area contributed by atoms with Crippen LogP contribution in [0, 0.1) is 0 Å². The number of hydrogen-bond acceptors (Lipinski definition) is 5. The van der Waals surface area contributed by atoms with Gasteiger partial charge in [-0.25, -0.2) is 9.78 Å². The molecular weight excluding hydrogens is 362 g/mol. The van der Waals surface area contributed by atoms with Crippen LogP contribution in [0.2, 0.25) is 5.02 Å². The molecule has 0 aliphatic heterocycles. The summed E-state index contributed by atoms with van der Waals surface area (Å²) in [5, 5.41) is 5.72.